The molecule has 5 unspecified atom stereocenters. The van der Waals surface area contributed by atoms with Crippen LogP contribution in [0.2, 0.25) is 0 Å². The Bertz CT molecular complexity index is 769. The van der Waals surface area contributed by atoms with E-state index in [2.05, 4.69) is 67.6 Å². The standard InChI is InChI=1S/C33H59N/c1-10-21-34-27-15-16-29(4,5)25-14-18-32(8)26(33(25,27)9)12-11-24-28-23(22(2)3)13-17-30(28,6)19-20-31(24,32)7/h22-28,34H,10-21H2,1-9H3/t23-,24?,25?,26?,27?,28?,30-,31-,32-,33+/m1/s1. The van der Waals surface area contributed by atoms with Crippen molar-refractivity contribution in [3.63, 3.8) is 0 Å². The summed E-state index contributed by atoms with van der Waals surface area (Å²) in [6.45, 7) is 25.0. The van der Waals surface area contributed by atoms with Crippen LogP contribution in [0.4, 0.5) is 0 Å². The third-order valence-electron chi connectivity index (χ3n) is 14.3. The highest BCUT2D eigenvalue weighted by atomic mass is 15.0. The summed E-state index contributed by atoms with van der Waals surface area (Å²) >= 11 is 0. The Balaban J connectivity index is 1.55. The lowest BCUT2D eigenvalue weighted by Gasteiger charge is -2.73. The van der Waals surface area contributed by atoms with Gasteiger partial charge in [0.25, 0.3) is 0 Å². The first kappa shape index (κ1) is 25.6. The van der Waals surface area contributed by atoms with Crippen LogP contribution in [-0.2, 0) is 0 Å². The largest absolute Gasteiger partial charge is 0.313 e. The monoisotopic (exact) mass is 469 g/mol. The van der Waals surface area contributed by atoms with Gasteiger partial charge in [-0.25, -0.2) is 0 Å². The Morgan fingerprint density at radius 3 is 2.15 bits per heavy atom. The normalized spacial score (nSPS) is 54.2. The van der Waals surface area contributed by atoms with E-state index < -0.39 is 0 Å². The van der Waals surface area contributed by atoms with E-state index in [0.29, 0.717) is 27.1 Å². The van der Waals surface area contributed by atoms with E-state index in [1.165, 1.54) is 77.2 Å². The van der Waals surface area contributed by atoms with Gasteiger partial charge in [-0.2, -0.15) is 0 Å². The predicted octanol–water partition coefficient (Wildman–Crippen LogP) is 9.11. The summed E-state index contributed by atoms with van der Waals surface area (Å²) in [6, 6.07) is 0.721. The van der Waals surface area contributed by atoms with Crippen molar-refractivity contribution in [1.29, 1.82) is 0 Å². The van der Waals surface area contributed by atoms with Crippen molar-refractivity contribution >= 4 is 0 Å². The average Bonchev–Trinajstić information content (AvgIpc) is 3.11. The molecule has 196 valence electrons. The molecule has 0 aromatic rings. The van der Waals surface area contributed by atoms with Crippen LogP contribution in [0.25, 0.3) is 0 Å². The maximum Gasteiger partial charge on any atom is 0.0127 e. The van der Waals surface area contributed by atoms with Crippen molar-refractivity contribution in [3.05, 3.63) is 0 Å². The average molecular weight is 470 g/mol. The summed E-state index contributed by atoms with van der Waals surface area (Å²) in [4.78, 5) is 0. The molecule has 1 nitrogen and oxygen atoms in total. The van der Waals surface area contributed by atoms with Gasteiger partial charge < -0.3 is 5.32 Å². The van der Waals surface area contributed by atoms with Gasteiger partial charge >= 0.3 is 0 Å². The summed E-state index contributed by atoms with van der Waals surface area (Å²) in [5.41, 5.74) is 2.61. The zero-order valence-corrected chi connectivity index (χ0v) is 24.5. The van der Waals surface area contributed by atoms with Crippen LogP contribution in [0.5, 0.6) is 0 Å². The molecule has 5 rings (SSSR count). The van der Waals surface area contributed by atoms with E-state index >= 15 is 0 Å². The fourth-order valence-corrected chi connectivity index (χ4v) is 12.4. The third kappa shape index (κ3) is 3.26. The molecule has 34 heavy (non-hydrogen) atoms. The Hall–Kier alpha value is -0.0400. The highest BCUT2D eigenvalue weighted by Crippen LogP contribution is 2.77. The molecule has 5 aliphatic carbocycles. The zero-order chi connectivity index (χ0) is 24.7. The quantitative estimate of drug-likeness (QED) is 0.433. The number of nitrogens with one attached hydrogen (secondary N) is 1. The summed E-state index contributed by atoms with van der Waals surface area (Å²) in [5, 5.41) is 4.15. The molecule has 0 amide bonds. The smallest absolute Gasteiger partial charge is 0.0127 e. The first-order valence-electron chi connectivity index (χ1n) is 15.6. The Labute approximate surface area is 213 Å². The molecule has 1 heteroatoms. The van der Waals surface area contributed by atoms with Crippen LogP contribution in [0.1, 0.15) is 133 Å². The van der Waals surface area contributed by atoms with E-state index in [1.54, 1.807) is 0 Å². The molecular weight excluding hydrogens is 410 g/mol. The number of hydrogen-bond acceptors (Lipinski definition) is 1. The van der Waals surface area contributed by atoms with Crippen LogP contribution < -0.4 is 5.32 Å². The van der Waals surface area contributed by atoms with Gasteiger partial charge in [0.1, 0.15) is 0 Å². The molecule has 1 N–H and O–H groups in total. The van der Waals surface area contributed by atoms with E-state index in [4.69, 9.17) is 0 Å². The van der Waals surface area contributed by atoms with Crippen molar-refractivity contribution in [2.24, 2.45) is 62.6 Å². The molecule has 5 saturated carbocycles. The molecule has 0 aromatic carbocycles. The minimum atomic E-state index is 0.450. The van der Waals surface area contributed by atoms with E-state index in [0.717, 1.165) is 41.5 Å². The molecule has 0 bridgehead atoms. The fourth-order valence-electron chi connectivity index (χ4n) is 12.4. The molecule has 0 heterocycles. The summed E-state index contributed by atoms with van der Waals surface area (Å²) in [5.74, 6) is 5.53. The van der Waals surface area contributed by atoms with Gasteiger partial charge in [-0.3, -0.25) is 0 Å². The minimum Gasteiger partial charge on any atom is -0.313 e. The van der Waals surface area contributed by atoms with Crippen molar-refractivity contribution < 1.29 is 0 Å². The second-order valence-electron chi connectivity index (χ2n) is 16.2. The van der Waals surface area contributed by atoms with Crippen LogP contribution in [-0.4, -0.2) is 12.6 Å². The molecule has 5 aliphatic rings. The molecule has 0 aromatic heterocycles. The molecule has 0 saturated heterocycles. The Morgan fingerprint density at radius 2 is 1.47 bits per heavy atom. The summed E-state index contributed by atoms with van der Waals surface area (Å²) in [6.07, 6.45) is 16.1. The third-order valence-corrected chi connectivity index (χ3v) is 14.3. The van der Waals surface area contributed by atoms with Gasteiger partial charge in [0.15, 0.2) is 0 Å². The van der Waals surface area contributed by atoms with Crippen LogP contribution >= 0.6 is 0 Å². The van der Waals surface area contributed by atoms with Crippen molar-refractivity contribution in [3.8, 4) is 0 Å². The van der Waals surface area contributed by atoms with E-state index in [-0.39, 0.29) is 0 Å². The SMILES string of the molecule is CCCNC1CCC(C)(C)C2CC[C@]3(C)C(CCC4C5[C@@H](C(C)C)CC[C@]5(C)CC[C@]43C)[C@@]12C. The van der Waals surface area contributed by atoms with Crippen molar-refractivity contribution in [1.82, 2.24) is 5.32 Å². The topological polar surface area (TPSA) is 12.0 Å². The molecule has 0 radical (unpaired) electrons. The maximum atomic E-state index is 4.15. The number of rotatable bonds is 4. The van der Waals surface area contributed by atoms with Gasteiger partial charge in [-0.1, -0.05) is 62.3 Å². The fraction of sp³-hybridized carbons (Fsp3) is 1.00. The lowest BCUT2D eigenvalue weighted by molar-refractivity contribution is -0.243. The maximum absolute atomic E-state index is 4.15. The second kappa shape index (κ2) is 8.23. The van der Waals surface area contributed by atoms with Crippen molar-refractivity contribution in [2.75, 3.05) is 6.54 Å². The molecule has 0 aliphatic heterocycles. The van der Waals surface area contributed by atoms with Gasteiger partial charge in [0, 0.05) is 6.04 Å². The van der Waals surface area contributed by atoms with Crippen molar-refractivity contribution in [2.45, 2.75) is 139 Å². The minimum absolute atomic E-state index is 0.450. The zero-order valence-electron chi connectivity index (χ0n) is 24.5. The first-order chi connectivity index (χ1) is 15.8. The van der Waals surface area contributed by atoms with Gasteiger partial charge in [0.2, 0.25) is 0 Å². The number of hydrogen-bond donors (Lipinski definition) is 1. The van der Waals surface area contributed by atoms with Gasteiger partial charge in [0.05, 0.1) is 0 Å². The van der Waals surface area contributed by atoms with Crippen LogP contribution in [0.3, 0.4) is 0 Å². The highest BCUT2D eigenvalue weighted by Gasteiger charge is 2.70. The molecule has 10 atom stereocenters. The molecular formula is C33H59N. The van der Waals surface area contributed by atoms with Gasteiger partial charge in [-0.05, 0) is 140 Å². The summed E-state index contributed by atoms with van der Waals surface area (Å²) < 4.78 is 0. The van der Waals surface area contributed by atoms with E-state index in [9.17, 15) is 0 Å². The lowest BCUT2D eigenvalue weighted by Crippen LogP contribution is -2.69. The van der Waals surface area contributed by atoms with Gasteiger partial charge in [-0.15, -0.1) is 0 Å². The number of fused-ring (bicyclic) bond motifs is 7. The molecule has 0 spiro atoms. The summed E-state index contributed by atoms with van der Waals surface area (Å²) in [7, 11) is 0. The highest BCUT2D eigenvalue weighted by molar-refractivity contribution is 5.20. The second-order valence-corrected chi connectivity index (χ2v) is 16.2. The predicted molar refractivity (Wildman–Crippen MR) is 147 cm³/mol. The van der Waals surface area contributed by atoms with Crippen LogP contribution in [0.15, 0.2) is 0 Å². The Kier molecular flexibility index (Phi) is 6.20. The van der Waals surface area contributed by atoms with E-state index in [1.807, 2.05) is 0 Å². The first-order valence-corrected chi connectivity index (χ1v) is 15.6. The molecule has 5 fully saturated rings. The Morgan fingerprint density at radius 1 is 0.735 bits per heavy atom. The lowest BCUT2D eigenvalue weighted by atomic mass is 9.32. The van der Waals surface area contributed by atoms with Crippen LogP contribution in [0, 0.1) is 62.6 Å².